The first kappa shape index (κ1) is 11.7. The van der Waals surface area contributed by atoms with Crippen LogP contribution < -0.4 is 11.1 Å². The number of carbonyl (C=O) groups is 1. The second-order valence-corrected chi connectivity index (χ2v) is 3.93. The van der Waals surface area contributed by atoms with Crippen LogP contribution in [0.5, 0.6) is 0 Å². The Morgan fingerprint density at radius 3 is 2.27 bits per heavy atom. The Hall–Kier alpha value is -1.35. The van der Waals surface area contributed by atoms with Crippen molar-refractivity contribution >= 4 is 5.91 Å². The number of rotatable bonds is 3. The van der Waals surface area contributed by atoms with Crippen LogP contribution >= 0.6 is 0 Å². The number of hydrogen-bond acceptors (Lipinski definition) is 2. The maximum atomic E-state index is 11.4. The van der Waals surface area contributed by atoms with E-state index in [1.165, 1.54) is 5.56 Å². The third kappa shape index (κ3) is 3.36. The van der Waals surface area contributed by atoms with E-state index in [9.17, 15) is 4.79 Å². The molecule has 0 aliphatic heterocycles. The minimum absolute atomic E-state index is 0.00380. The van der Waals surface area contributed by atoms with E-state index in [0.717, 1.165) is 5.56 Å². The Balaban J connectivity index is 2.65. The summed E-state index contributed by atoms with van der Waals surface area (Å²) in [5, 5.41) is 2.85. The van der Waals surface area contributed by atoms with Crippen LogP contribution in [0.1, 0.15) is 31.0 Å². The van der Waals surface area contributed by atoms with Gasteiger partial charge in [0, 0.05) is 0 Å². The summed E-state index contributed by atoms with van der Waals surface area (Å²) < 4.78 is 0. The summed E-state index contributed by atoms with van der Waals surface area (Å²) in [5.41, 5.74) is 7.78. The summed E-state index contributed by atoms with van der Waals surface area (Å²) in [6.45, 7) is 5.66. The Morgan fingerprint density at radius 2 is 1.80 bits per heavy atom. The molecule has 3 N–H and O–H groups in total. The van der Waals surface area contributed by atoms with Gasteiger partial charge in [-0.2, -0.15) is 0 Å². The second kappa shape index (κ2) is 4.94. The Morgan fingerprint density at radius 1 is 1.27 bits per heavy atom. The van der Waals surface area contributed by atoms with Crippen molar-refractivity contribution in [2.45, 2.75) is 32.9 Å². The zero-order valence-corrected chi connectivity index (χ0v) is 9.45. The van der Waals surface area contributed by atoms with Crippen molar-refractivity contribution in [3.05, 3.63) is 35.4 Å². The number of amides is 1. The highest BCUT2D eigenvalue weighted by atomic mass is 16.2. The quantitative estimate of drug-likeness (QED) is 0.787. The molecule has 0 aliphatic rings. The first-order valence-corrected chi connectivity index (χ1v) is 5.13. The van der Waals surface area contributed by atoms with Gasteiger partial charge in [0.25, 0.3) is 0 Å². The van der Waals surface area contributed by atoms with Crippen LogP contribution in [0.4, 0.5) is 0 Å². The lowest BCUT2D eigenvalue weighted by molar-refractivity contribution is -0.122. The molecule has 0 spiro atoms. The summed E-state index contributed by atoms with van der Waals surface area (Å²) in [7, 11) is 0. The number of nitrogens with one attached hydrogen (secondary N) is 1. The first-order valence-electron chi connectivity index (χ1n) is 5.13. The molecule has 1 aromatic rings. The van der Waals surface area contributed by atoms with Crippen molar-refractivity contribution in [2.75, 3.05) is 0 Å². The fourth-order valence-corrected chi connectivity index (χ4v) is 1.28. The number of aryl methyl sites for hydroxylation is 1. The van der Waals surface area contributed by atoms with Crippen LogP contribution in [0.3, 0.4) is 0 Å². The molecule has 15 heavy (non-hydrogen) atoms. The maximum Gasteiger partial charge on any atom is 0.237 e. The molecule has 2 atom stereocenters. The van der Waals surface area contributed by atoms with Crippen LogP contribution in [0.2, 0.25) is 0 Å². The molecule has 1 unspecified atom stereocenters. The fraction of sp³-hybridized carbons (Fsp3) is 0.417. The van der Waals surface area contributed by atoms with Gasteiger partial charge < -0.3 is 11.1 Å². The maximum absolute atomic E-state index is 11.4. The van der Waals surface area contributed by atoms with E-state index >= 15 is 0 Å². The Bertz CT molecular complexity index is 330. The summed E-state index contributed by atoms with van der Waals surface area (Å²) >= 11 is 0. The van der Waals surface area contributed by atoms with Crippen LogP contribution in [-0.2, 0) is 4.79 Å². The van der Waals surface area contributed by atoms with Gasteiger partial charge in [0.1, 0.15) is 0 Å². The van der Waals surface area contributed by atoms with Gasteiger partial charge in [0.2, 0.25) is 5.91 Å². The number of benzene rings is 1. The number of nitrogens with two attached hydrogens (primary N) is 1. The summed E-state index contributed by atoms with van der Waals surface area (Å²) in [6, 6.07) is 7.64. The van der Waals surface area contributed by atoms with Crippen LogP contribution in [-0.4, -0.2) is 11.9 Å². The normalized spacial score (nSPS) is 14.4. The molecule has 1 amide bonds. The van der Waals surface area contributed by atoms with Crippen molar-refractivity contribution in [3.8, 4) is 0 Å². The first-order chi connectivity index (χ1) is 7.00. The smallest absolute Gasteiger partial charge is 0.237 e. The third-order valence-corrected chi connectivity index (χ3v) is 2.35. The van der Waals surface area contributed by atoms with Crippen molar-refractivity contribution in [2.24, 2.45) is 5.73 Å². The Kier molecular flexibility index (Phi) is 3.86. The molecule has 0 aromatic heterocycles. The second-order valence-electron chi connectivity index (χ2n) is 3.93. The molecule has 0 fully saturated rings. The van der Waals surface area contributed by atoms with Crippen LogP contribution in [0.15, 0.2) is 24.3 Å². The predicted octanol–water partition coefficient (Wildman–Crippen LogP) is 1.52. The van der Waals surface area contributed by atoms with Gasteiger partial charge in [-0.3, -0.25) is 4.79 Å². The lowest BCUT2D eigenvalue weighted by atomic mass is 10.1. The van der Waals surface area contributed by atoms with Crippen molar-refractivity contribution < 1.29 is 4.79 Å². The van der Waals surface area contributed by atoms with Crippen LogP contribution in [0.25, 0.3) is 0 Å². The SMILES string of the molecule is Cc1ccc([C@H](C)NC(=O)C(C)N)cc1. The molecular weight excluding hydrogens is 188 g/mol. The highest BCUT2D eigenvalue weighted by molar-refractivity contribution is 5.81. The monoisotopic (exact) mass is 206 g/mol. The summed E-state index contributed by atoms with van der Waals surface area (Å²) in [4.78, 5) is 11.4. The zero-order chi connectivity index (χ0) is 11.4. The lowest BCUT2D eigenvalue weighted by Crippen LogP contribution is -2.39. The van der Waals surface area contributed by atoms with E-state index in [2.05, 4.69) is 5.32 Å². The van der Waals surface area contributed by atoms with Crippen molar-refractivity contribution in [1.82, 2.24) is 5.32 Å². The molecule has 0 saturated heterocycles. The highest BCUT2D eigenvalue weighted by Crippen LogP contribution is 2.12. The molecular formula is C12H18N2O. The number of carbonyl (C=O) groups excluding carboxylic acids is 1. The standard InChI is InChI=1S/C12H18N2O/c1-8-4-6-11(7-5-8)10(3)14-12(15)9(2)13/h4-7,9-10H,13H2,1-3H3,(H,14,15)/t9?,10-/m0/s1. The topological polar surface area (TPSA) is 55.1 Å². The molecule has 1 rings (SSSR count). The fourth-order valence-electron chi connectivity index (χ4n) is 1.28. The minimum Gasteiger partial charge on any atom is -0.348 e. The molecule has 0 heterocycles. The van der Waals surface area contributed by atoms with Gasteiger partial charge in [-0.15, -0.1) is 0 Å². The van der Waals surface area contributed by atoms with E-state index in [4.69, 9.17) is 5.73 Å². The van der Waals surface area contributed by atoms with Gasteiger partial charge in [-0.25, -0.2) is 0 Å². The molecule has 82 valence electrons. The lowest BCUT2D eigenvalue weighted by Gasteiger charge is -2.16. The van der Waals surface area contributed by atoms with E-state index in [-0.39, 0.29) is 11.9 Å². The highest BCUT2D eigenvalue weighted by Gasteiger charge is 2.11. The van der Waals surface area contributed by atoms with E-state index < -0.39 is 6.04 Å². The van der Waals surface area contributed by atoms with Gasteiger partial charge >= 0.3 is 0 Å². The van der Waals surface area contributed by atoms with E-state index in [0.29, 0.717) is 0 Å². The zero-order valence-electron chi connectivity index (χ0n) is 9.45. The Labute approximate surface area is 90.7 Å². The van der Waals surface area contributed by atoms with Crippen molar-refractivity contribution in [3.63, 3.8) is 0 Å². The molecule has 3 heteroatoms. The van der Waals surface area contributed by atoms with Gasteiger partial charge in [0.05, 0.1) is 12.1 Å². The predicted molar refractivity (Wildman–Crippen MR) is 61.4 cm³/mol. The van der Waals surface area contributed by atoms with Gasteiger partial charge in [-0.05, 0) is 26.3 Å². The summed E-state index contributed by atoms with van der Waals surface area (Å²) in [6.07, 6.45) is 0. The average Bonchev–Trinajstić information content (AvgIpc) is 2.18. The summed E-state index contributed by atoms with van der Waals surface area (Å²) in [5.74, 6) is -0.122. The molecule has 0 bridgehead atoms. The van der Waals surface area contributed by atoms with Crippen molar-refractivity contribution in [1.29, 1.82) is 0 Å². The molecule has 0 saturated carbocycles. The number of hydrogen-bond donors (Lipinski definition) is 2. The molecule has 0 radical (unpaired) electrons. The van der Waals surface area contributed by atoms with Gasteiger partial charge in [-0.1, -0.05) is 29.8 Å². The third-order valence-electron chi connectivity index (χ3n) is 2.35. The minimum atomic E-state index is -0.460. The molecule has 3 nitrogen and oxygen atoms in total. The van der Waals surface area contributed by atoms with Gasteiger partial charge in [0.15, 0.2) is 0 Å². The van der Waals surface area contributed by atoms with Crippen LogP contribution in [0, 0.1) is 6.92 Å². The van der Waals surface area contributed by atoms with E-state index in [1.54, 1.807) is 6.92 Å². The average molecular weight is 206 g/mol. The molecule has 0 aliphatic carbocycles. The molecule has 1 aromatic carbocycles. The largest absolute Gasteiger partial charge is 0.348 e. The van der Waals surface area contributed by atoms with E-state index in [1.807, 2.05) is 38.1 Å².